The molecule has 0 aliphatic rings. The molecule has 1 rings (SSSR count). The van der Waals surface area contributed by atoms with Crippen LogP contribution >= 0.6 is 23.9 Å². The van der Waals surface area contributed by atoms with E-state index in [9.17, 15) is 0 Å². The molecule has 0 fully saturated rings. The van der Waals surface area contributed by atoms with Gasteiger partial charge in [-0.15, -0.1) is 0 Å². The fourth-order valence-corrected chi connectivity index (χ4v) is 1.92. The Hall–Kier alpha value is 0.0100. The summed E-state index contributed by atoms with van der Waals surface area (Å²) in [5.41, 5.74) is 0.720. The summed E-state index contributed by atoms with van der Waals surface area (Å²) >= 11 is 3.25. The molecule has 0 bridgehead atoms. The molecule has 5 heteroatoms. The molecule has 0 saturated carbocycles. The molecule has 0 saturated heterocycles. The summed E-state index contributed by atoms with van der Waals surface area (Å²) in [6.07, 6.45) is -0.0553. The van der Waals surface area contributed by atoms with E-state index in [1.165, 1.54) is 0 Å². The van der Waals surface area contributed by atoms with Gasteiger partial charge in [0.1, 0.15) is 0 Å². The first-order chi connectivity index (χ1) is 5.47. The molecule has 3 N–H and O–H groups in total. The van der Waals surface area contributed by atoms with Gasteiger partial charge in [0, 0.05) is 0 Å². The van der Waals surface area contributed by atoms with Gasteiger partial charge in [-0.1, -0.05) is 0 Å². The van der Waals surface area contributed by atoms with Crippen LogP contribution in [0.1, 0.15) is 5.56 Å². The average Bonchev–Trinajstić information content (AvgIpc) is 1.91. The topological polar surface area (TPSA) is 60.7 Å². The number of hydrogen-bond acceptors (Lipinski definition) is 3. The first-order valence-corrected chi connectivity index (χ1v) is 6.23. The molecule has 0 radical (unpaired) electrons. The monoisotopic (exact) mass is 252 g/mol. The second kappa shape index (κ2) is 3.81. The van der Waals surface area contributed by atoms with Gasteiger partial charge in [-0.2, -0.15) is 0 Å². The summed E-state index contributed by atoms with van der Waals surface area (Å²) < 4.78 is 0.923. The summed E-state index contributed by atoms with van der Waals surface area (Å²) in [6, 6.07) is 7.04. The van der Waals surface area contributed by atoms with Crippen LogP contribution in [-0.4, -0.2) is 14.7 Å². The van der Waals surface area contributed by atoms with E-state index < -0.39 is 7.94 Å². The molecule has 0 heterocycles. The van der Waals surface area contributed by atoms with Crippen molar-refractivity contribution in [2.75, 3.05) is 0 Å². The molecule has 0 aliphatic carbocycles. The number of halogens is 1. The molecule has 68 valence electrons. The summed E-state index contributed by atoms with van der Waals surface area (Å²) in [5.74, 6) is 0. The van der Waals surface area contributed by atoms with Gasteiger partial charge in [-0.25, -0.2) is 0 Å². The second-order valence-corrected chi connectivity index (χ2v) is 5.40. The Kier molecular flexibility index (Phi) is 3.21. The molecule has 0 amide bonds. The second-order valence-electron chi connectivity index (χ2n) is 2.58. The molecular weight excluding hydrogens is 243 g/mol. The van der Waals surface area contributed by atoms with Crippen LogP contribution in [0.15, 0.2) is 28.7 Å². The van der Waals surface area contributed by atoms with Crippen molar-refractivity contribution in [1.29, 1.82) is 0 Å². The number of benzene rings is 1. The van der Waals surface area contributed by atoms with Crippen molar-refractivity contribution >= 4 is 23.9 Å². The zero-order valence-corrected chi connectivity index (χ0v) is 8.82. The quantitative estimate of drug-likeness (QED) is 0.698. The molecule has 0 spiro atoms. The van der Waals surface area contributed by atoms with E-state index in [0.717, 1.165) is 10.0 Å². The van der Waals surface area contributed by atoms with Crippen LogP contribution in [0, 0.1) is 0 Å². The van der Waals surface area contributed by atoms with Crippen LogP contribution in [0.5, 0.6) is 0 Å². The van der Waals surface area contributed by atoms with Gasteiger partial charge in [-0.05, 0) is 0 Å². The van der Waals surface area contributed by atoms with E-state index in [0.29, 0.717) is 0 Å². The zero-order valence-electron chi connectivity index (χ0n) is 6.24. The molecule has 0 aromatic heterocycles. The van der Waals surface area contributed by atoms with E-state index in [1.54, 1.807) is 24.3 Å². The third-order valence-electron chi connectivity index (χ3n) is 1.35. The number of rotatable bonds is 2. The van der Waals surface area contributed by atoms with Crippen molar-refractivity contribution in [3.63, 3.8) is 0 Å². The van der Waals surface area contributed by atoms with Crippen molar-refractivity contribution in [1.82, 2.24) is 0 Å². The van der Waals surface area contributed by atoms with Crippen LogP contribution in [0.4, 0.5) is 0 Å². The molecule has 3 nitrogen and oxygen atoms in total. The van der Waals surface area contributed by atoms with E-state index in [4.69, 9.17) is 14.7 Å². The Balaban J connectivity index is 2.71. The van der Waals surface area contributed by atoms with Gasteiger partial charge < -0.3 is 0 Å². The normalized spacial score (nSPS) is 13.0. The van der Waals surface area contributed by atoms with Gasteiger partial charge in [0.25, 0.3) is 0 Å². The van der Waals surface area contributed by atoms with Gasteiger partial charge in [0.15, 0.2) is 0 Å². The van der Waals surface area contributed by atoms with Crippen LogP contribution < -0.4 is 0 Å². The van der Waals surface area contributed by atoms with Crippen molar-refractivity contribution in [3.05, 3.63) is 34.3 Å². The molecule has 1 aromatic rings. The van der Waals surface area contributed by atoms with E-state index in [-0.39, 0.29) is 6.16 Å². The van der Waals surface area contributed by atoms with Gasteiger partial charge in [0.2, 0.25) is 0 Å². The van der Waals surface area contributed by atoms with E-state index in [1.807, 2.05) is 0 Å². The standard InChI is InChI=1S/C7H10BrO3P/c8-7-3-1-6(2-4-7)5-12(9,10)11/h1-4,9-12H,5H2. The maximum absolute atomic E-state index is 8.78. The summed E-state index contributed by atoms with van der Waals surface area (Å²) in [7, 11) is -3.93. The van der Waals surface area contributed by atoms with Gasteiger partial charge >= 0.3 is 79.0 Å². The minimum atomic E-state index is -3.93. The van der Waals surface area contributed by atoms with Crippen LogP contribution in [0.3, 0.4) is 0 Å². The third-order valence-corrected chi connectivity index (χ3v) is 2.77. The molecule has 12 heavy (non-hydrogen) atoms. The predicted octanol–water partition coefficient (Wildman–Crippen LogP) is 1.42. The van der Waals surface area contributed by atoms with Crippen LogP contribution in [0.2, 0.25) is 0 Å². The van der Waals surface area contributed by atoms with Crippen LogP contribution in [0.25, 0.3) is 0 Å². The molecule has 1 aromatic carbocycles. The fraction of sp³-hybridized carbons (Fsp3) is 0.143. The van der Waals surface area contributed by atoms with Gasteiger partial charge in [-0.3, -0.25) is 0 Å². The Morgan fingerprint density at radius 3 is 2.00 bits per heavy atom. The van der Waals surface area contributed by atoms with Crippen LogP contribution in [-0.2, 0) is 6.16 Å². The molecule has 0 atom stereocenters. The van der Waals surface area contributed by atoms with Crippen molar-refractivity contribution < 1.29 is 14.7 Å². The number of hydrogen-bond donors (Lipinski definition) is 3. The third kappa shape index (κ3) is 3.61. The first-order valence-electron chi connectivity index (χ1n) is 3.39. The van der Waals surface area contributed by atoms with Gasteiger partial charge in [0.05, 0.1) is 0 Å². The maximum atomic E-state index is 8.78. The van der Waals surface area contributed by atoms with E-state index >= 15 is 0 Å². The van der Waals surface area contributed by atoms with Crippen molar-refractivity contribution in [2.45, 2.75) is 6.16 Å². The minimum absolute atomic E-state index is 0.0553. The molecule has 0 aliphatic heterocycles. The zero-order chi connectivity index (χ0) is 9.19. The summed E-state index contributed by atoms with van der Waals surface area (Å²) in [5, 5.41) is 0. The Bertz CT molecular complexity index is 254. The SMILES string of the molecule is O[PH](O)(O)Cc1ccc(Br)cc1. The van der Waals surface area contributed by atoms with E-state index in [2.05, 4.69) is 15.9 Å². The average molecular weight is 253 g/mol. The fourth-order valence-electron chi connectivity index (χ4n) is 0.876. The molecular formula is C7H10BrO3P. The summed E-state index contributed by atoms with van der Waals surface area (Å²) in [4.78, 5) is 26.3. The Morgan fingerprint density at radius 2 is 1.58 bits per heavy atom. The summed E-state index contributed by atoms with van der Waals surface area (Å²) in [6.45, 7) is 0. The molecule has 0 unspecified atom stereocenters. The van der Waals surface area contributed by atoms with Crippen molar-refractivity contribution in [3.8, 4) is 0 Å². The predicted molar refractivity (Wildman–Crippen MR) is 52.8 cm³/mol. The first kappa shape index (κ1) is 10.1. The Labute approximate surface area is 79.4 Å². The Morgan fingerprint density at radius 1 is 1.08 bits per heavy atom. The van der Waals surface area contributed by atoms with Crippen molar-refractivity contribution in [2.24, 2.45) is 0 Å².